The average molecular weight is 241 g/mol. The Kier molecular flexibility index (Phi) is 6.91. The molecule has 0 spiro atoms. The van der Waals surface area contributed by atoms with Gasteiger partial charge < -0.3 is 4.74 Å². The SMILES string of the molecule is CCC1CCC(C#N)C(SCCCOC)C1. The Bertz CT molecular complexity index is 226. The Hall–Kier alpha value is -0.200. The number of hydrogen-bond acceptors (Lipinski definition) is 3. The van der Waals surface area contributed by atoms with Gasteiger partial charge in [0, 0.05) is 19.0 Å². The van der Waals surface area contributed by atoms with Crippen LogP contribution in [0.25, 0.3) is 0 Å². The lowest BCUT2D eigenvalue weighted by Gasteiger charge is -2.31. The zero-order valence-corrected chi connectivity index (χ0v) is 11.3. The monoisotopic (exact) mass is 241 g/mol. The molecule has 0 saturated heterocycles. The fraction of sp³-hybridized carbons (Fsp3) is 0.923. The van der Waals surface area contributed by atoms with Crippen LogP contribution in [-0.2, 0) is 4.74 Å². The molecule has 0 aliphatic heterocycles. The summed E-state index contributed by atoms with van der Waals surface area (Å²) in [7, 11) is 1.75. The Balaban J connectivity index is 2.31. The van der Waals surface area contributed by atoms with Crippen molar-refractivity contribution in [1.82, 2.24) is 0 Å². The predicted octanol–water partition coefficient (Wildman–Crippen LogP) is 3.47. The molecule has 0 heterocycles. The van der Waals surface area contributed by atoms with E-state index in [9.17, 15) is 0 Å². The van der Waals surface area contributed by atoms with Crippen molar-refractivity contribution < 1.29 is 4.74 Å². The van der Waals surface area contributed by atoms with Gasteiger partial charge in [0.15, 0.2) is 0 Å². The number of ether oxygens (including phenoxy) is 1. The second kappa shape index (κ2) is 7.97. The van der Waals surface area contributed by atoms with Gasteiger partial charge in [-0.15, -0.1) is 0 Å². The first-order valence-electron chi connectivity index (χ1n) is 6.32. The Morgan fingerprint density at radius 1 is 1.44 bits per heavy atom. The van der Waals surface area contributed by atoms with Crippen molar-refractivity contribution in [2.45, 2.75) is 44.3 Å². The van der Waals surface area contributed by atoms with E-state index < -0.39 is 0 Å². The Morgan fingerprint density at radius 3 is 2.88 bits per heavy atom. The van der Waals surface area contributed by atoms with Crippen LogP contribution in [0.3, 0.4) is 0 Å². The number of thioether (sulfide) groups is 1. The highest BCUT2D eigenvalue weighted by molar-refractivity contribution is 7.99. The van der Waals surface area contributed by atoms with Crippen molar-refractivity contribution in [2.24, 2.45) is 11.8 Å². The second-order valence-electron chi connectivity index (χ2n) is 4.58. The van der Waals surface area contributed by atoms with Crippen LogP contribution in [0.4, 0.5) is 0 Å². The van der Waals surface area contributed by atoms with Gasteiger partial charge in [0.1, 0.15) is 0 Å². The molecule has 3 unspecified atom stereocenters. The van der Waals surface area contributed by atoms with Gasteiger partial charge in [-0.2, -0.15) is 17.0 Å². The smallest absolute Gasteiger partial charge is 0.0667 e. The van der Waals surface area contributed by atoms with Gasteiger partial charge in [-0.3, -0.25) is 0 Å². The molecule has 2 nitrogen and oxygen atoms in total. The standard InChI is InChI=1S/C13H23NOS/c1-3-11-5-6-12(10-14)13(9-11)16-8-4-7-15-2/h11-13H,3-9H2,1-2H3. The van der Waals surface area contributed by atoms with Crippen LogP contribution in [0, 0.1) is 23.2 Å². The van der Waals surface area contributed by atoms with E-state index in [1.807, 2.05) is 11.8 Å². The number of rotatable bonds is 6. The van der Waals surface area contributed by atoms with Crippen molar-refractivity contribution >= 4 is 11.8 Å². The molecule has 0 aromatic rings. The molecular formula is C13H23NOS. The molecule has 0 amide bonds. The lowest BCUT2D eigenvalue weighted by atomic mass is 9.81. The van der Waals surface area contributed by atoms with Crippen molar-refractivity contribution in [1.29, 1.82) is 5.26 Å². The minimum atomic E-state index is 0.287. The third kappa shape index (κ3) is 4.35. The molecule has 1 aliphatic carbocycles. The van der Waals surface area contributed by atoms with Gasteiger partial charge in [0.05, 0.1) is 12.0 Å². The summed E-state index contributed by atoms with van der Waals surface area (Å²) < 4.78 is 5.05. The maximum atomic E-state index is 9.14. The van der Waals surface area contributed by atoms with Crippen molar-refractivity contribution in [3.05, 3.63) is 0 Å². The summed E-state index contributed by atoms with van der Waals surface area (Å²) in [5.74, 6) is 2.27. The van der Waals surface area contributed by atoms with Gasteiger partial charge in [-0.1, -0.05) is 13.3 Å². The summed E-state index contributed by atoms with van der Waals surface area (Å²) in [6, 6.07) is 2.49. The minimum absolute atomic E-state index is 0.287. The third-order valence-corrected chi connectivity index (χ3v) is 4.94. The molecule has 92 valence electrons. The van der Waals surface area contributed by atoms with Crippen LogP contribution >= 0.6 is 11.8 Å². The second-order valence-corrected chi connectivity index (χ2v) is 5.93. The number of nitriles is 1. The van der Waals surface area contributed by atoms with E-state index in [2.05, 4.69) is 13.0 Å². The quantitative estimate of drug-likeness (QED) is 0.668. The molecular weight excluding hydrogens is 218 g/mol. The highest BCUT2D eigenvalue weighted by atomic mass is 32.2. The maximum absolute atomic E-state index is 9.14. The molecule has 1 fully saturated rings. The van der Waals surface area contributed by atoms with Crippen molar-refractivity contribution in [3.8, 4) is 6.07 Å². The number of nitrogens with zero attached hydrogens (tertiary/aromatic N) is 1. The summed E-state index contributed by atoms with van der Waals surface area (Å²) in [5, 5.41) is 9.71. The predicted molar refractivity (Wildman–Crippen MR) is 69.5 cm³/mol. The molecule has 0 radical (unpaired) electrons. The van der Waals surface area contributed by atoms with Crippen LogP contribution in [0.5, 0.6) is 0 Å². The fourth-order valence-corrected chi connectivity index (χ4v) is 3.78. The zero-order valence-electron chi connectivity index (χ0n) is 10.4. The summed E-state index contributed by atoms with van der Waals surface area (Å²) in [6.45, 7) is 3.11. The Morgan fingerprint density at radius 2 is 2.25 bits per heavy atom. The normalized spacial score (nSPS) is 29.9. The summed E-state index contributed by atoms with van der Waals surface area (Å²) in [4.78, 5) is 0. The molecule has 3 heteroatoms. The summed E-state index contributed by atoms with van der Waals surface area (Å²) >= 11 is 1.99. The lowest BCUT2D eigenvalue weighted by Crippen LogP contribution is -2.26. The largest absolute Gasteiger partial charge is 0.385 e. The molecule has 0 bridgehead atoms. The van der Waals surface area contributed by atoms with Crippen LogP contribution in [0.1, 0.15) is 39.0 Å². The topological polar surface area (TPSA) is 33.0 Å². The van der Waals surface area contributed by atoms with Crippen LogP contribution in [0.15, 0.2) is 0 Å². The first kappa shape index (κ1) is 13.9. The number of hydrogen-bond donors (Lipinski definition) is 0. The summed E-state index contributed by atoms with van der Waals surface area (Å²) in [6.07, 6.45) is 5.98. The average Bonchev–Trinajstić information content (AvgIpc) is 2.34. The van der Waals surface area contributed by atoms with E-state index in [1.165, 1.54) is 19.3 Å². The summed E-state index contributed by atoms with van der Waals surface area (Å²) in [5.41, 5.74) is 0. The van der Waals surface area contributed by atoms with E-state index >= 15 is 0 Å². The van der Waals surface area contributed by atoms with Crippen LogP contribution in [0.2, 0.25) is 0 Å². The van der Waals surface area contributed by atoms with Gasteiger partial charge in [0.2, 0.25) is 0 Å². The molecule has 16 heavy (non-hydrogen) atoms. The first-order chi connectivity index (χ1) is 7.81. The zero-order chi connectivity index (χ0) is 11.8. The lowest BCUT2D eigenvalue weighted by molar-refractivity contribution is 0.200. The van der Waals surface area contributed by atoms with Crippen molar-refractivity contribution in [2.75, 3.05) is 19.5 Å². The molecule has 1 saturated carbocycles. The number of methoxy groups -OCH3 is 1. The van der Waals surface area contributed by atoms with E-state index in [0.717, 1.165) is 31.1 Å². The Labute approximate surface area is 104 Å². The van der Waals surface area contributed by atoms with Gasteiger partial charge in [-0.05, 0) is 37.4 Å². The highest BCUT2D eigenvalue weighted by Gasteiger charge is 2.29. The van der Waals surface area contributed by atoms with Crippen molar-refractivity contribution in [3.63, 3.8) is 0 Å². The van der Waals surface area contributed by atoms with Crippen LogP contribution < -0.4 is 0 Å². The van der Waals surface area contributed by atoms with E-state index in [-0.39, 0.29) is 5.92 Å². The fourth-order valence-electron chi connectivity index (χ4n) is 2.35. The molecule has 0 aromatic heterocycles. The highest BCUT2D eigenvalue weighted by Crippen LogP contribution is 2.37. The first-order valence-corrected chi connectivity index (χ1v) is 7.36. The van der Waals surface area contributed by atoms with Gasteiger partial charge in [0.25, 0.3) is 0 Å². The molecule has 1 aliphatic rings. The molecule has 0 aromatic carbocycles. The molecule has 1 rings (SSSR count). The van der Waals surface area contributed by atoms with Gasteiger partial charge >= 0.3 is 0 Å². The van der Waals surface area contributed by atoms with Crippen LogP contribution in [-0.4, -0.2) is 24.7 Å². The molecule has 3 atom stereocenters. The maximum Gasteiger partial charge on any atom is 0.0667 e. The third-order valence-electron chi connectivity index (χ3n) is 3.47. The van der Waals surface area contributed by atoms with E-state index in [4.69, 9.17) is 10.00 Å². The minimum Gasteiger partial charge on any atom is -0.385 e. The van der Waals surface area contributed by atoms with E-state index in [0.29, 0.717) is 5.25 Å². The molecule has 0 N–H and O–H groups in total. The van der Waals surface area contributed by atoms with E-state index in [1.54, 1.807) is 7.11 Å². The van der Waals surface area contributed by atoms with Gasteiger partial charge in [-0.25, -0.2) is 0 Å².